The number of hydrogen-bond acceptors (Lipinski definition) is 3. The molecular weight excluding hydrogens is 270 g/mol. The second kappa shape index (κ2) is 5.50. The molecule has 0 aliphatic carbocycles. The maximum absolute atomic E-state index is 11.5. The number of carbonyl (C=O) groups excluding carboxylic acids is 1. The third kappa shape index (κ3) is 2.99. The minimum Gasteiger partial charge on any atom is -0.389 e. The molecule has 0 aromatic heterocycles. The molecule has 20 heavy (non-hydrogen) atoms. The van der Waals surface area contributed by atoms with Crippen LogP contribution in [0.15, 0.2) is 18.2 Å². The number of nitrogens with zero attached hydrogens (tertiary/aromatic N) is 1. The summed E-state index contributed by atoms with van der Waals surface area (Å²) in [6.07, 6.45) is 0.826. The van der Waals surface area contributed by atoms with Crippen molar-refractivity contribution in [2.45, 2.75) is 26.8 Å². The molecule has 1 fully saturated rings. The number of primary amides is 1. The van der Waals surface area contributed by atoms with Crippen LogP contribution in [0.3, 0.4) is 0 Å². The predicted molar refractivity (Wildman–Crippen MR) is 84.3 cm³/mol. The van der Waals surface area contributed by atoms with Crippen LogP contribution >= 0.6 is 12.2 Å². The molecule has 0 saturated carbocycles. The van der Waals surface area contributed by atoms with Crippen LogP contribution in [-0.2, 0) is 11.3 Å². The summed E-state index contributed by atoms with van der Waals surface area (Å²) in [5.41, 5.74) is 14.0. The minimum absolute atomic E-state index is 0.208. The molecule has 4 nitrogen and oxygen atoms in total. The van der Waals surface area contributed by atoms with Crippen LogP contribution in [-0.4, -0.2) is 28.9 Å². The molecule has 108 valence electrons. The Hall–Kier alpha value is -1.46. The highest BCUT2D eigenvalue weighted by molar-refractivity contribution is 7.80. The summed E-state index contributed by atoms with van der Waals surface area (Å²) < 4.78 is 0. The summed E-state index contributed by atoms with van der Waals surface area (Å²) in [6.45, 7) is 6.44. The van der Waals surface area contributed by atoms with E-state index in [2.05, 4.69) is 17.9 Å². The zero-order valence-electron chi connectivity index (χ0n) is 12.0. The number of rotatable bonds is 4. The smallest absolute Gasteiger partial charge is 0.224 e. The van der Waals surface area contributed by atoms with Crippen molar-refractivity contribution in [1.29, 1.82) is 0 Å². The lowest BCUT2D eigenvalue weighted by atomic mass is 9.89. The predicted octanol–water partition coefficient (Wildman–Crippen LogP) is 1.33. The number of aryl methyl sites for hydroxylation is 1. The first kappa shape index (κ1) is 14.9. The van der Waals surface area contributed by atoms with Crippen molar-refractivity contribution in [2.75, 3.05) is 13.1 Å². The maximum Gasteiger partial charge on any atom is 0.224 e. The van der Waals surface area contributed by atoms with E-state index in [1.165, 1.54) is 11.1 Å². The number of thiocarbonyl (C=S) groups is 1. The first-order chi connectivity index (χ1) is 9.32. The van der Waals surface area contributed by atoms with Gasteiger partial charge in [-0.25, -0.2) is 0 Å². The van der Waals surface area contributed by atoms with Crippen molar-refractivity contribution in [3.63, 3.8) is 0 Å². The van der Waals surface area contributed by atoms with E-state index in [1.807, 2.05) is 19.1 Å². The van der Waals surface area contributed by atoms with Crippen molar-refractivity contribution in [3.8, 4) is 0 Å². The summed E-state index contributed by atoms with van der Waals surface area (Å²) in [5, 5.41) is 0. The summed E-state index contributed by atoms with van der Waals surface area (Å²) >= 11 is 4.98. The van der Waals surface area contributed by atoms with Gasteiger partial charge in [-0.2, -0.15) is 0 Å². The maximum atomic E-state index is 11.5. The SMILES string of the molecule is Cc1cc(C(N)=S)ccc1CN1CCC(C)(C(N)=O)C1. The van der Waals surface area contributed by atoms with Crippen molar-refractivity contribution < 1.29 is 4.79 Å². The van der Waals surface area contributed by atoms with Gasteiger partial charge >= 0.3 is 0 Å². The highest BCUT2D eigenvalue weighted by Gasteiger charge is 2.38. The lowest BCUT2D eigenvalue weighted by molar-refractivity contribution is -0.126. The third-order valence-corrected chi connectivity index (χ3v) is 4.40. The number of amides is 1. The lowest BCUT2D eigenvalue weighted by Crippen LogP contribution is -2.37. The van der Waals surface area contributed by atoms with Crippen LogP contribution in [0.5, 0.6) is 0 Å². The number of benzene rings is 1. The Morgan fingerprint density at radius 1 is 1.45 bits per heavy atom. The Morgan fingerprint density at radius 2 is 2.15 bits per heavy atom. The summed E-state index contributed by atoms with van der Waals surface area (Å²) in [4.78, 5) is 14.2. The molecule has 0 radical (unpaired) electrons. The highest BCUT2D eigenvalue weighted by atomic mass is 32.1. The van der Waals surface area contributed by atoms with Gasteiger partial charge in [-0.3, -0.25) is 9.69 Å². The van der Waals surface area contributed by atoms with Crippen molar-refractivity contribution >= 4 is 23.1 Å². The van der Waals surface area contributed by atoms with Crippen LogP contribution in [0.2, 0.25) is 0 Å². The summed E-state index contributed by atoms with van der Waals surface area (Å²) in [7, 11) is 0. The quantitative estimate of drug-likeness (QED) is 0.821. The van der Waals surface area contributed by atoms with Crippen LogP contribution in [0, 0.1) is 12.3 Å². The first-order valence-corrected chi connectivity index (χ1v) is 7.14. The van der Waals surface area contributed by atoms with Gasteiger partial charge in [0, 0.05) is 18.7 Å². The van der Waals surface area contributed by atoms with Gasteiger partial charge in [-0.15, -0.1) is 0 Å². The Bertz CT molecular complexity index is 558. The molecule has 1 aromatic rings. The molecule has 1 saturated heterocycles. The summed E-state index contributed by atoms with van der Waals surface area (Å²) in [5.74, 6) is -0.208. The number of hydrogen-bond donors (Lipinski definition) is 2. The Kier molecular flexibility index (Phi) is 4.11. The Balaban J connectivity index is 2.09. The van der Waals surface area contributed by atoms with Gasteiger partial charge in [-0.05, 0) is 44.0 Å². The molecule has 2 rings (SSSR count). The molecule has 1 aliphatic rings. The molecule has 5 heteroatoms. The standard InChI is InChI=1S/C15H21N3OS/c1-10-7-11(13(16)20)3-4-12(10)8-18-6-5-15(2,9-18)14(17)19/h3-4,7H,5-6,8-9H2,1-2H3,(H2,16,20)(H2,17,19). The van der Waals surface area contributed by atoms with Gasteiger partial charge in [0.25, 0.3) is 0 Å². The van der Waals surface area contributed by atoms with Gasteiger partial charge in [0.15, 0.2) is 0 Å². The molecule has 1 atom stereocenters. The number of nitrogens with two attached hydrogens (primary N) is 2. The van der Waals surface area contributed by atoms with Gasteiger partial charge in [0.2, 0.25) is 5.91 Å². The molecule has 1 heterocycles. The van der Waals surface area contributed by atoms with Gasteiger partial charge < -0.3 is 11.5 Å². The van der Waals surface area contributed by atoms with Crippen molar-refractivity contribution in [2.24, 2.45) is 16.9 Å². The molecule has 1 aliphatic heterocycles. The molecule has 1 aromatic carbocycles. The van der Waals surface area contributed by atoms with E-state index in [1.54, 1.807) is 0 Å². The Labute approximate surface area is 125 Å². The van der Waals surface area contributed by atoms with Gasteiger partial charge in [0.05, 0.1) is 5.41 Å². The monoisotopic (exact) mass is 291 g/mol. The lowest BCUT2D eigenvalue weighted by Gasteiger charge is -2.21. The fourth-order valence-corrected chi connectivity index (χ4v) is 2.79. The number of carbonyl (C=O) groups is 1. The van der Waals surface area contributed by atoms with E-state index in [0.717, 1.165) is 31.6 Å². The van der Waals surface area contributed by atoms with Crippen LogP contribution in [0.1, 0.15) is 30.0 Å². The molecular formula is C15H21N3OS. The van der Waals surface area contributed by atoms with E-state index >= 15 is 0 Å². The fourth-order valence-electron chi connectivity index (χ4n) is 2.66. The zero-order chi connectivity index (χ0) is 14.9. The second-order valence-corrected chi connectivity index (χ2v) is 6.33. The van der Waals surface area contributed by atoms with Crippen LogP contribution in [0.25, 0.3) is 0 Å². The highest BCUT2D eigenvalue weighted by Crippen LogP contribution is 2.30. The third-order valence-electron chi connectivity index (χ3n) is 4.17. The minimum atomic E-state index is -0.396. The molecule has 1 amide bonds. The van der Waals surface area contributed by atoms with E-state index in [0.29, 0.717) is 4.99 Å². The zero-order valence-corrected chi connectivity index (χ0v) is 12.8. The van der Waals surface area contributed by atoms with Crippen LogP contribution in [0.4, 0.5) is 0 Å². The van der Waals surface area contributed by atoms with Gasteiger partial charge in [0.1, 0.15) is 4.99 Å². The average Bonchev–Trinajstić information content (AvgIpc) is 2.75. The normalized spacial score (nSPS) is 22.9. The van der Waals surface area contributed by atoms with E-state index in [9.17, 15) is 4.79 Å². The van der Waals surface area contributed by atoms with Crippen molar-refractivity contribution in [3.05, 3.63) is 34.9 Å². The van der Waals surface area contributed by atoms with Gasteiger partial charge in [-0.1, -0.05) is 24.4 Å². The van der Waals surface area contributed by atoms with Crippen molar-refractivity contribution in [1.82, 2.24) is 4.90 Å². The molecule has 1 unspecified atom stereocenters. The fraction of sp³-hybridized carbons (Fsp3) is 0.467. The average molecular weight is 291 g/mol. The summed E-state index contributed by atoms with van der Waals surface area (Å²) in [6, 6.07) is 6.03. The topological polar surface area (TPSA) is 72.3 Å². The molecule has 0 bridgehead atoms. The first-order valence-electron chi connectivity index (χ1n) is 6.73. The second-order valence-electron chi connectivity index (χ2n) is 5.89. The van der Waals surface area contributed by atoms with E-state index in [4.69, 9.17) is 23.7 Å². The van der Waals surface area contributed by atoms with E-state index in [-0.39, 0.29) is 5.91 Å². The molecule has 4 N–H and O–H groups in total. The Morgan fingerprint density at radius 3 is 2.65 bits per heavy atom. The van der Waals surface area contributed by atoms with Crippen LogP contribution < -0.4 is 11.5 Å². The van der Waals surface area contributed by atoms with E-state index < -0.39 is 5.41 Å². The molecule has 0 spiro atoms. The largest absolute Gasteiger partial charge is 0.389 e. The number of likely N-dealkylation sites (tertiary alicyclic amines) is 1.